The fraction of sp³-hybridized carbons (Fsp3) is 0.692. The van der Waals surface area contributed by atoms with Gasteiger partial charge in [-0.2, -0.15) is 0 Å². The molecule has 1 saturated heterocycles. The van der Waals surface area contributed by atoms with E-state index >= 15 is 0 Å². The van der Waals surface area contributed by atoms with Crippen LogP contribution in [0.5, 0.6) is 5.88 Å². The van der Waals surface area contributed by atoms with Gasteiger partial charge in [-0.1, -0.05) is 6.92 Å². The van der Waals surface area contributed by atoms with Gasteiger partial charge in [0.1, 0.15) is 12.1 Å². The lowest BCUT2D eigenvalue weighted by Gasteiger charge is -2.28. The molecule has 1 fully saturated rings. The summed E-state index contributed by atoms with van der Waals surface area (Å²) in [5, 5.41) is 3.32. The maximum Gasteiger partial charge on any atom is 0.218 e. The molecule has 2 rings (SSSR count). The first kappa shape index (κ1) is 14.0. The lowest BCUT2D eigenvalue weighted by molar-refractivity contribution is 0.0339. The van der Waals surface area contributed by atoms with Crippen molar-refractivity contribution in [2.24, 2.45) is 0 Å². The van der Waals surface area contributed by atoms with Gasteiger partial charge >= 0.3 is 0 Å². The van der Waals surface area contributed by atoms with Gasteiger partial charge in [-0.15, -0.1) is 0 Å². The molecule has 1 aliphatic heterocycles. The Labute approximate surface area is 114 Å². The molecule has 6 nitrogen and oxygen atoms in total. The fourth-order valence-electron chi connectivity index (χ4n) is 1.96. The van der Waals surface area contributed by atoms with Crippen molar-refractivity contribution < 1.29 is 9.47 Å². The van der Waals surface area contributed by atoms with Gasteiger partial charge in [-0.3, -0.25) is 0 Å². The van der Waals surface area contributed by atoms with E-state index in [1.54, 1.807) is 0 Å². The van der Waals surface area contributed by atoms with E-state index in [2.05, 4.69) is 27.1 Å². The third kappa shape index (κ3) is 4.33. The van der Waals surface area contributed by atoms with Crippen LogP contribution in [0.3, 0.4) is 0 Å². The number of nitrogens with one attached hydrogen (secondary N) is 1. The Balaban J connectivity index is 1.91. The molecule has 0 amide bonds. The number of hydrogen-bond donors (Lipinski definition) is 1. The van der Waals surface area contributed by atoms with Crippen LogP contribution in [-0.4, -0.2) is 56.0 Å². The van der Waals surface area contributed by atoms with Gasteiger partial charge in [0, 0.05) is 32.7 Å². The predicted octanol–water partition coefficient (Wildman–Crippen LogP) is 0.690. The zero-order chi connectivity index (χ0) is 13.5. The third-order valence-electron chi connectivity index (χ3n) is 2.95. The minimum absolute atomic E-state index is 0.203. The van der Waals surface area contributed by atoms with Crippen LogP contribution in [0.4, 0.5) is 5.82 Å². The summed E-state index contributed by atoms with van der Waals surface area (Å²) in [5.41, 5.74) is 0. The molecule has 1 aliphatic rings. The summed E-state index contributed by atoms with van der Waals surface area (Å²) in [4.78, 5) is 10.4. The summed E-state index contributed by atoms with van der Waals surface area (Å²) >= 11 is 0. The summed E-state index contributed by atoms with van der Waals surface area (Å²) in [7, 11) is 2.00. The van der Waals surface area contributed by atoms with Crippen molar-refractivity contribution in [3.05, 3.63) is 12.4 Å². The van der Waals surface area contributed by atoms with Crippen molar-refractivity contribution in [2.45, 2.75) is 19.4 Å². The number of nitrogens with zero attached hydrogens (tertiary/aromatic N) is 3. The van der Waals surface area contributed by atoms with Crippen LogP contribution in [0, 0.1) is 0 Å². The maximum atomic E-state index is 5.69. The highest BCUT2D eigenvalue weighted by atomic mass is 16.5. The summed E-state index contributed by atoms with van der Waals surface area (Å²) in [6.07, 6.45) is 2.71. The van der Waals surface area contributed by atoms with Crippen molar-refractivity contribution in [1.29, 1.82) is 0 Å². The number of likely N-dealkylation sites (N-methyl/N-ethyl adjacent to an activating group) is 1. The smallest absolute Gasteiger partial charge is 0.218 e. The van der Waals surface area contributed by atoms with E-state index in [9.17, 15) is 0 Å². The summed E-state index contributed by atoms with van der Waals surface area (Å²) in [5.74, 6) is 1.48. The molecule has 1 aromatic heterocycles. The van der Waals surface area contributed by atoms with Gasteiger partial charge in [0.15, 0.2) is 0 Å². The van der Waals surface area contributed by atoms with Crippen molar-refractivity contribution >= 4 is 5.82 Å². The number of morpholine rings is 1. The van der Waals surface area contributed by atoms with Gasteiger partial charge in [0.2, 0.25) is 5.88 Å². The molecular weight excluding hydrogens is 244 g/mol. The van der Waals surface area contributed by atoms with E-state index in [0.29, 0.717) is 12.5 Å². The SMILES string of the molecule is CCCOc1cc(N(C)CC2CNCCO2)ncn1. The van der Waals surface area contributed by atoms with E-state index in [1.165, 1.54) is 6.33 Å². The number of anilines is 1. The van der Waals surface area contributed by atoms with Gasteiger partial charge in [0.25, 0.3) is 0 Å². The van der Waals surface area contributed by atoms with Crippen LogP contribution < -0.4 is 15.0 Å². The summed E-state index contributed by atoms with van der Waals surface area (Å²) < 4.78 is 11.2. The topological polar surface area (TPSA) is 59.5 Å². The minimum Gasteiger partial charge on any atom is -0.478 e. The van der Waals surface area contributed by atoms with E-state index in [4.69, 9.17) is 9.47 Å². The molecule has 0 bridgehead atoms. The van der Waals surface area contributed by atoms with E-state index < -0.39 is 0 Å². The van der Waals surface area contributed by atoms with Crippen LogP contribution in [0.1, 0.15) is 13.3 Å². The number of rotatable bonds is 6. The number of ether oxygens (including phenoxy) is 2. The van der Waals surface area contributed by atoms with Crippen molar-refractivity contribution in [1.82, 2.24) is 15.3 Å². The number of hydrogen-bond acceptors (Lipinski definition) is 6. The van der Waals surface area contributed by atoms with Crippen LogP contribution in [0.2, 0.25) is 0 Å². The summed E-state index contributed by atoms with van der Waals surface area (Å²) in [6, 6.07) is 1.87. The van der Waals surface area contributed by atoms with E-state index in [-0.39, 0.29) is 6.10 Å². The Kier molecular flexibility index (Phi) is 5.35. The molecule has 1 aromatic rings. The fourth-order valence-corrected chi connectivity index (χ4v) is 1.96. The predicted molar refractivity (Wildman–Crippen MR) is 73.7 cm³/mol. The molecular formula is C13H22N4O2. The standard InChI is InChI=1S/C13H22N4O2/c1-3-5-19-13-7-12(15-10-16-13)17(2)9-11-8-14-4-6-18-11/h7,10-11,14H,3-6,8-9H2,1-2H3. The largest absolute Gasteiger partial charge is 0.478 e. The van der Waals surface area contributed by atoms with Gasteiger partial charge in [-0.05, 0) is 6.42 Å². The third-order valence-corrected chi connectivity index (χ3v) is 2.95. The van der Waals surface area contributed by atoms with Crippen LogP contribution >= 0.6 is 0 Å². The quantitative estimate of drug-likeness (QED) is 0.817. The molecule has 0 radical (unpaired) electrons. The average Bonchev–Trinajstić information content (AvgIpc) is 2.46. The lowest BCUT2D eigenvalue weighted by atomic mass is 10.3. The van der Waals surface area contributed by atoms with Crippen molar-refractivity contribution in [3.63, 3.8) is 0 Å². The van der Waals surface area contributed by atoms with Crippen molar-refractivity contribution in [2.75, 3.05) is 44.8 Å². The zero-order valence-corrected chi connectivity index (χ0v) is 11.6. The molecule has 0 aromatic carbocycles. The van der Waals surface area contributed by atoms with Crippen LogP contribution in [0.15, 0.2) is 12.4 Å². The highest BCUT2D eigenvalue weighted by molar-refractivity contribution is 5.39. The molecule has 0 saturated carbocycles. The zero-order valence-electron chi connectivity index (χ0n) is 11.6. The second-order valence-electron chi connectivity index (χ2n) is 4.64. The van der Waals surface area contributed by atoms with Gasteiger partial charge in [0.05, 0.1) is 19.3 Å². The Morgan fingerprint density at radius 2 is 2.42 bits per heavy atom. The Morgan fingerprint density at radius 1 is 1.53 bits per heavy atom. The first-order valence-electron chi connectivity index (χ1n) is 6.78. The monoisotopic (exact) mass is 266 g/mol. The molecule has 106 valence electrons. The normalized spacial score (nSPS) is 19.2. The second kappa shape index (κ2) is 7.25. The molecule has 0 aliphatic carbocycles. The van der Waals surface area contributed by atoms with Crippen molar-refractivity contribution in [3.8, 4) is 5.88 Å². The molecule has 0 spiro atoms. The molecule has 6 heteroatoms. The van der Waals surface area contributed by atoms with Gasteiger partial charge < -0.3 is 19.7 Å². The summed E-state index contributed by atoms with van der Waals surface area (Å²) in [6.45, 7) is 6.14. The van der Waals surface area contributed by atoms with E-state index in [0.717, 1.165) is 38.5 Å². The first-order chi connectivity index (χ1) is 9.29. The van der Waals surface area contributed by atoms with E-state index in [1.807, 2.05) is 13.1 Å². The highest BCUT2D eigenvalue weighted by Crippen LogP contribution is 2.15. The van der Waals surface area contributed by atoms with Crippen LogP contribution in [-0.2, 0) is 4.74 Å². The Bertz CT molecular complexity index is 383. The second-order valence-corrected chi connectivity index (χ2v) is 4.64. The molecule has 19 heavy (non-hydrogen) atoms. The Hall–Kier alpha value is -1.40. The molecule has 1 unspecified atom stereocenters. The lowest BCUT2D eigenvalue weighted by Crippen LogP contribution is -2.44. The van der Waals surface area contributed by atoms with Crippen LogP contribution in [0.25, 0.3) is 0 Å². The van der Waals surface area contributed by atoms with Gasteiger partial charge in [-0.25, -0.2) is 9.97 Å². The maximum absolute atomic E-state index is 5.69. The first-order valence-corrected chi connectivity index (χ1v) is 6.78. The molecule has 1 atom stereocenters. The average molecular weight is 266 g/mol. The Morgan fingerprint density at radius 3 is 3.16 bits per heavy atom. The molecule has 2 heterocycles. The minimum atomic E-state index is 0.203. The number of aromatic nitrogens is 2. The highest BCUT2D eigenvalue weighted by Gasteiger charge is 2.16. The molecule has 1 N–H and O–H groups in total.